The van der Waals surface area contributed by atoms with Crippen molar-refractivity contribution in [2.45, 2.75) is 44.6 Å². The Bertz CT molecular complexity index is 775. The second kappa shape index (κ2) is 7.53. The van der Waals surface area contributed by atoms with Gasteiger partial charge in [0.05, 0.1) is 10.8 Å². The van der Waals surface area contributed by atoms with Crippen LogP contribution in [-0.4, -0.2) is 49.4 Å². The molecule has 1 aromatic rings. The number of carboxylic acid groups (broad SMARTS) is 1. The fraction of sp³-hybridized carbons (Fsp3) is 0.529. The molecule has 1 fully saturated rings. The summed E-state index contributed by atoms with van der Waals surface area (Å²) >= 11 is 0. The molecule has 1 amide bonds. The topological polar surface area (TPSA) is 104 Å². The van der Waals surface area contributed by atoms with Crippen molar-refractivity contribution in [1.82, 2.24) is 9.62 Å². The number of nitrogens with zero attached hydrogens (tertiary/aromatic N) is 1. The Balaban J connectivity index is 2.37. The van der Waals surface area contributed by atoms with Gasteiger partial charge in [-0.15, -0.1) is 0 Å². The lowest BCUT2D eigenvalue weighted by atomic mass is 9.89. The van der Waals surface area contributed by atoms with Gasteiger partial charge in [0.15, 0.2) is 0 Å². The summed E-state index contributed by atoms with van der Waals surface area (Å²) in [5.74, 6) is -1.85. The van der Waals surface area contributed by atoms with Crippen LogP contribution in [0.25, 0.3) is 0 Å². The van der Waals surface area contributed by atoms with Crippen LogP contribution in [0.15, 0.2) is 23.1 Å². The van der Waals surface area contributed by atoms with Crippen LogP contribution in [0.5, 0.6) is 0 Å². The summed E-state index contributed by atoms with van der Waals surface area (Å²) in [6, 6.07) is 3.99. The molecule has 8 heteroatoms. The number of piperidine rings is 1. The minimum absolute atomic E-state index is 0.0303. The molecule has 1 aliphatic heterocycles. The third-order valence-corrected chi connectivity index (χ3v) is 6.19. The van der Waals surface area contributed by atoms with E-state index in [0.29, 0.717) is 24.9 Å². The minimum Gasteiger partial charge on any atom is -0.481 e. The number of aliphatic carboxylic acids is 1. The van der Waals surface area contributed by atoms with Crippen molar-refractivity contribution in [1.29, 1.82) is 0 Å². The van der Waals surface area contributed by atoms with Crippen LogP contribution in [0.1, 0.15) is 42.6 Å². The summed E-state index contributed by atoms with van der Waals surface area (Å²) in [6.07, 6.45) is 1.15. The molecule has 0 bridgehead atoms. The number of aryl methyl sites for hydroxylation is 1. The van der Waals surface area contributed by atoms with Crippen molar-refractivity contribution < 1.29 is 23.1 Å². The van der Waals surface area contributed by atoms with E-state index >= 15 is 0 Å². The van der Waals surface area contributed by atoms with Crippen molar-refractivity contribution in [3.05, 3.63) is 29.3 Å². The highest BCUT2D eigenvalue weighted by Gasteiger charge is 2.36. The lowest BCUT2D eigenvalue weighted by molar-refractivity contribution is -0.144. The fourth-order valence-corrected chi connectivity index (χ4v) is 4.25. The first-order valence-corrected chi connectivity index (χ1v) is 9.81. The van der Waals surface area contributed by atoms with E-state index in [1.807, 2.05) is 0 Å². The molecule has 0 saturated carbocycles. The van der Waals surface area contributed by atoms with Crippen molar-refractivity contribution in [3.8, 4) is 0 Å². The van der Waals surface area contributed by atoms with Crippen molar-refractivity contribution in [3.63, 3.8) is 0 Å². The summed E-state index contributed by atoms with van der Waals surface area (Å²) in [6.45, 7) is 5.86. The molecular weight excluding hydrogens is 344 g/mol. The van der Waals surface area contributed by atoms with Gasteiger partial charge < -0.3 is 10.0 Å². The van der Waals surface area contributed by atoms with Gasteiger partial charge >= 0.3 is 5.97 Å². The van der Waals surface area contributed by atoms with E-state index in [1.54, 1.807) is 26.8 Å². The largest absolute Gasteiger partial charge is 0.481 e. The predicted molar refractivity (Wildman–Crippen MR) is 92.9 cm³/mol. The lowest BCUT2D eigenvalue weighted by Gasteiger charge is -2.37. The number of sulfonamides is 1. The molecule has 0 spiro atoms. The molecule has 1 heterocycles. The van der Waals surface area contributed by atoms with Gasteiger partial charge in [0.1, 0.15) is 0 Å². The lowest BCUT2D eigenvalue weighted by Crippen LogP contribution is -2.49. The maximum absolute atomic E-state index is 13.0. The van der Waals surface area contributed by atoms with Crippen molar-refractivity contribution in [2.75, 3.05) is 13.1 Å². The molecule has 0 aliphatic carbocycles. The fourth-order valence-electron chi connectivity index (χ4n) is 3.19. The van der Waals surface area contributed by atoms with E-state index in [0.717, 1.165) is 0 Å². The maximum atomic E-state index is 13.0. The van der Waals surface area contributed by atoms with E-state index in [9.17, 15) is 23.1 Å². The highest BCUT2D eigenvalue weighted by molar-refractivity contribution is 7.89. The number of benzene rings is 1. The number of nitrogens with one attached hydrogen (secondary N) is 1. The monoisotopic (exact) mass is 368 g/mol. The highest BCUT2D eigenvalue weighted by Crippen LogP contribution is 2.27. The molecule has 2 N–H and O–H groups in total. The summed E-state index contributed by atoms with van der Waals surface area (Å²) in [7, 11) is -3.67. The first-order chi connectivity index (χ1) is 11.7. The van der Waals surface area contributed by atoms with E-state index in [-0.39, 0.29) is 22.9 Å². The maximum Gasteiger partial charge on any atom is 0.308 e. The zero-order chi connectivity index (χ0) is 18.8. The summed E-state index contributed by atoms with van der Waals surface area (Å²) in [5.41, 5.74) is 0.946. The molecule has 25 heavy (non-hydrogen) atoms. The van der Waals surface area contributed by atoms with Gasteiger partial charge in [0.25, 0.3) is 5.91 Å². The van der Waals surface area contributed by atoms with Gasteiger partial charge in [0.2, 0.25) is 10.0 Å². The Labute approximate surface area is 148 Å². The third-order valence-electron chi connectivity index (χ3n) is 4.65. The molecule has 1 aliphatic rings. The number of carbonyl (C=O) groups excluding carboxylic acids is 1. The van der Waals surface area contributed by atoms with Crippen molar-refractivity contribution in [2.24, 2.45) is 5.92 Å². The number of rotatable bonds is 5. The van der Waals surface area contributed by atoms with Crippen LogP contribution in [-0.2, 0) is 14.8 Å². The van der Waals surface area contributed by atoms with E-state index in [4.69, 9.17) is 0 Å². The molecule has 2 rings (SSSR count). The molecular formula is C17H24N2O5S. The Kier molecular flexibility index (Phi) is 5.84. The Morgan fingerprint density at radius 1 is 1.36 bits per heavy atom. The molecule has 7 nitrogen and oxygen atoms in total. The minimum atomic E-state index is -3.67. The predicted octanol–water partition coefficient (Wildman–Crippen LogP) is 1.62. The normalized spacial score (nSPS) is 21.2. The molecule has 0 radical (unpaired) electrons. The summed E-state index contributed by atoms with van der Waals surface area (Å²) < 4.78 is 26.8. The number of hydrogen-bond acceptors (Lipinski definition) is 4. The van der Waals surface area contributed by atoms with Crippen LogP contribution in [0.3, 0.4) is 0 Å². The highest BCUT2D eigenvalue weighted by atomic mass is 32.2. The van der Waals surface area contributed by atoms with E-state index in [1.165, 1.54) is 17.0 Å². The summed E-state index contributed by atoms with van der Waals surface area (Å²) in [4.78, 5) is 25.9. The summed E-state index contributed by atoms with van der Waals surface area (Å²) in [5, 5.41) is 9.32. The van der Waals surface area contributed by atoms with E-state index in [2.05, 4.69) is 4.72 Å². The molecule has 2 atom stereocenters. The average Bonchev–Trinajstić information content (AvgIpc) is 2.54. The van der Waals surface area contributed by atoms with Gasteiger partial charge in [-0.3, -0.25) is 9.59 Å². The second-order valence-corrected chi connectivity index (χ2v) is 8.07. The van der Waals surface area contributed by atoms with Gasteiger partial charge in [-0.25, -0.2) is 13.1 Å². The first kappa shape index (κ1) is 19.4. The van der Waals surface area contributed by atoms with Crippen LogP contribution < -0.4 is 4.72 Å². The molecule has 0 unspecified atom stereocenters. The zero-order valence-electron chi connectivity index (χ0n) is 14.7. The second-order valence-electron chi connectivity index (χ2n) is 6.30. The van der Waals surface area contributed by atoms with Gasteiger partial charge in [0, 0.05) is 24.7 Å². The molecule has 138 valence electrons. The number of amides is 1. The SMILES string of the molecule is CCNS(=O)(=O)c1ccc(C)c(C(=O)N2CCC[C@H](C(=O)O)[C@@H]2C)c1. The van der Waals surface area contributed by atoms with Crippen LogP contribution in [0.4, 0.5) is 0 Å². The Hall–Kier alpha value is -1.93. The average molecular weight is 368 g/mol. The smallest absolute Gasteiger partial charge is 0.308 e. The first-order valence-electron chi connectivity index (χ1n) is 8.33. The van der Waals surface area contributed by atoms with Crippen LogP contribution >= 0.6 is 0 Å². The molecule has 0 aromatic heterocycles. The molecule has 1 aromatic carbocycles. The number of carboxylic acids is 1. The van der Waals surface area contributed by atoms with Gasteiger partial charge in [-0.05, 0) is 44.4 Å². The zero-order valence-corrected chi connectivity index (χ0v) is 15.5. The quantitative estimate of drug-likeness (QED) is 0.822. The van der Waals surface area contributed by atoms with E-state index < -0.39 is 28.0 Å². The number of hydrogen-bond donors (Lipinski definition) is 2. The number of carbonyl (C=O) groups is 2. The Morgan fingerprint density at radius 3 is 2.64 bits per heavy atom. The van der Waals surface area contributed by atoms with Crippen LogP contribution in [0, 0.1) is 12.8 Å². The van der Waals surface area contributed by atoms with Crippen LogP contribution in [0.2, 0.25) is 0 Å². The van der Waals surface area contributed by atoms with Gasteiger partial charge in [-0.2, -0.15) is 0 Å². The van der Waals surface area contributed by atoms with Crippen molar-refractivity contribution >= 4 is 21.9 Å². The van der Waals surface area contributed by atoms with Gasteiger partial charge in [-0.1, -0.05) is 13.0 Å². The standard InChI is InChI=1S/C17H24N2O5S/c1-4-18-25(23,24)13-8-7-11(2)15(10-13)16(20)19-9-5-6-14(12(19)3)17(21)22/h7-8,10,12,14,18H,4-6,9H2,1-3H3,(H,21,22)/t12-,14-/m0/s1. The number of likely N-dealkylation sites (tertiary alicyclic amines) is 1. The molecule has 1 saturated heterocycles. The Morgan fingerprint density at radius 2 is 2.04 bits per heavy atom. The third kappa shape index (κ3) is 4.01.